The van der Waals surface area contributed by atoms with Crippen molar-refractivity contribution in [2.24, 2.45) is 0 Å². The predicted octanol–water partition coefficient (Wildman–Crippen LogP) is 7.66. The minimum Gasteiger partial charge on any atom is -0.494 e. The number of benzene rings is 3. The second kappa shape index (κ2) is 14.2. The number of halogens is 5. The molecule has 3 atom stereocenters. The van der Waals surface area contributed by atoms with Crippen LogP contribution in [-0.2, 0) is 17.4 Å². The van der Waals surface area contributed by atoms with E-state index in [9.17, 15) is 27.9 Å². The van der Waals surface area contributed by atoms with E-state index in [2.05, 4.69) is 10.6 Å². The van der Waals surface area contributed by atoms with E-state index < -0.39 is 59.0 Å². The Balaban J connectivity index is 1.77. The van der Waals surface area contributed by atoms with Gasteiger partial charge in [0.05, 0.1) is 30.3 Å². The highest BCUT2D eigenvalue weighted by atomic mass is 19.4. The molecule has 2 heterocycles. The second-order valence-electron chi connectivity index (χ2n) is 11.8. The van der Waals surface area contributed by atoms with Gasteiger partial charge >= 0.3 is 12.1 Å². The lowest BCUT2D eigenvalue weighted by Gasteiger charge is -2.31. The number of carboxylic acid groups (broad SMARTS) is 1. The number of rotatable bonds is 12. The maximum atomic E-state index is 15.8. The van der Waals surface area contributed by atoms with Crippen LogP contribution in [0.2, 0.25) is 0 Å². The number of anilines is 1. The number of methoxy groups -OCH3 is 1. The molecule has 254 valence electrons. The fraction of sp³-hybridized carbons (Fsp3) is 0.333. The third kappa shape index (κ3) is 6.80. The molecular weight excluding hydrogens is 633 g/mol. The monoisotopic (exact) mass is 669 g/mol. The molecule has 3 N–H and O–H groups in total. The largest absolute Gasteiger partial charge is 0.494 e. The van der Waals surface area contributed by atoms with E-state index in [-0.39, 0.29) is 52.8 Å². The number of aliphatic carboxylic acids is 1. The van der Waals surface area contributed by atoms with Gasteiger partial charge < -0.3 is 20.5 Å². The van der Waals surface area contributed by atoms with E-state index in [0.29, 0.717) is 12.8 Å². The molecule has 5 rings (SSSR count). The van der Waals surface area contributed by atoms with Crippen molar-refractivity contribution in [2.45, 2.75) is 63.8 Å². The van der Waals surface area contributed by atoms with Gasteiger partial charge in [-0.3, -0.25) is 14.2 Å². The number of aromatic nitrogens is 1. The van der Waals surface area contributed by atoms with Crippen LogP contribution < -0.4 is 20.9 Å². The number of hydrogen-bond acceptors (Lipinski definition) is 5. The summed E-state index contributed by atoms with van der Waals surface area (Å²) < 4.78 is 80.0. The van der Waals surface area contributed by atoms with Gasteiger partial charge in [0.25, 0.3) is 5.56 Å². The molecule has 0 saturated heterocycles. The highest BCUT2D eigenvalue weighted by molar-refractivity contribution is 5.74. The molecule has 0 bridgehead atoms. The van der Waals surface area contributed by atoms with Crippen molar-refractivity contribution in [1.82, 2.24) is 9.88 Å². The fourth-order valence-electron chi connectivity index (χ4n) is 6.55. The van der Waals surface area contributed by atoms with Crippen LogP contribution in [0.1, 0.15) is 66.1 Å². The number of pyridine rings is 1. The van der Waals surface area contributed by atoms with Gasteiger partial charge in [-0.2, -0.15) is 13.2 Å². The van der Waals surface area contributed by atoms with Crippen LogP contribution in [0.15, 0.2) is 71.5 Å². The summed E-state index contributed by atoms with van der Waals surface area (Å²) in [5.74, 6) is -2.77. The number of hydrogen-bond donors (Lipinski definition) is 3. The van der Waals surface area contributed by atoms with E-state index in [4.69, 9.17) is 4.74 Å². The van der Waals surface area contributed by atoms with Crippen molar-refractivity contribution >= 4 is 11.8 Å². The number of ether oxygens (including phenoxy) is 1. The lowest BCUT2D eigenvalue weighted by atomic mass is 9.91. The second-order valence-corrected chi connectivity index (χ2v) is 11.8. The summed E-state index contributed by atoms with van der Waals surface area (Å²) in [5.41, 5.74) is -1.37. The zero-order valence-electron chi connectivity index (χ0n) is 26.6. The molecule has 0 spiro atoms. The van der Waals surface area contributed by atoms with Crippen LogP contribution >= 0.6 is 0 Å². The van der Waals surface area contributed by atoms with Gasteiger partial charge in [-0.1, -0.05) is 55.5 Å². The molecule has 7 nitrogen and oxygen atoms in total. The molecule has 1 aromatic heterocycles. The number of nitrogens with zero attached hydrogens (tertiary/aromatic N) is 1. The number of nitrogens with one attached hydrogen (secondary N) is 2. The lowest BCUT2D eigenvalue weighted by Crippen LogP contribution is -2.40. The number of carboxylic acids is 1. The van der Waals surface area contributed by atoms with Gasteiger partial charge in [-0.05, 0) is 49.1 Å². The maximum absolute atomic E-state index is 15.8. The molecule has 1 aliphatic rings. The number of fused-ring (bicyclic) bond motifs is 1. The first-order chi connectivity index (χ1) is 22.9. The van der Waals surface area contributed by atoms with Gasteiger partial charge in [0.1, 0.15) is 11.6 Å². The fourth-order valence-corrected chi connectivity index (χ4v) is 6.55. The molecule has 3 unspecified atom stereocenters. The minimum absolute atomic E-state index is 0.0841. The Hall–Kier alpha value is -4.71. The van der Waals surface area contributed by atoms with Crippen LogP contribution in [0.25, 0.3) is 11.1 Å². The Labute approximate surface area is 274 Å². The van der Waals surface area contributed by atoms with Crippen LogP contribution in [0.5, 0.6) is 5.75 Å². The van der Waals surface area contributed by atoms with Crippen molar-refractivity contribution < 1.29 is 36.6 Å². The van der Waals surface area contributed by atoms with E-state index >= 15 is 8.78 Å². The van der Waals surface area contributed by atoms with Gasteiger partial charge in [0.15, 0.2) is 11.6 Å². The standard InChI is InChI=1S/C36H36F5N3O4/c1-4-22(16-17-30(45)46)43-33(21-10-6-5-7-11-21)28-19-42-34-24(18-25-26(36(39,40)41)13-9-14-27(25)37)20(2)31(35(47)44(28)34)23-12-8-15-29(48-3)32(23)38/h5-15,22,28,33,42-43H,4,16-19H2,1-3H3,(H,45,46). The Kier molecular flexibility index (Phi) is 10.2. The van der Waals surface area contributed by atoms with Crippen LogP contribution in [0.4, 0.5) is 27.8 Å². The lowest BCUT2D eigenvalue weighted by molar-refractivity contribution is -0.138. The normalized spacial score (nSPS) is 15.5. The summed E-state index contributed by atoms with van der Waals surface area (Å²) >= 11 is 0. The van der Waals surface area contributed by atoms with Crippen LogP contribution in [0, 0.1) is 18.6 Å². The Bertz CT molecular complexity index is 1860. The molecular formula is C36H36F5N3O4. The Morgan fingerprint density at radius 2 is 1.77 bits per heavy atom. The summed E-state index contributed by atoms with van der Waals surface area (Å²) in [5, 5.41) is 16.1. The average molecular weight is 670 g/mol. The highest BCUT2D eigenvalue weighted by Gasteiger charge is 2.39. The molecule has 3 aromatic carbocycles. The summed E-state index contributed by atoms with van der Waals surface area (Å²) in [4.78, 5) is 26.0. The van der Waals surface area contributed by atoms with Crippen molar-refractivity contribution in [3.63, 3.8) is 0 Å². The first-order valence-corrected chi connectivity index (χ1v) is 15.6. The van der Waals surface area contributed by atoms with Gasteiger partial charge in [-0.15, -0.1) is 0 Å². The van der Waals surface area contributed by atoms with Crippen molar-refractivity contribution in [3.05, 3.63) is 117 Å². The van der Waals surface area contributed by atoms with E-state index in [1.54, 1.807) is 0 Å². The number of carbonyl (C=O) groups is 1. The van der Waals surface area contributed by atoms with Crippen molar-refractivity contribution in [3.8, 4) is 16.9 Å². The Morgan fingerprint density at radius 1 is 1.06 bits per heavy atom. The van der Waals surface area contributed by atoms with Crippen LogP contribution in [0.3, 0.4) is 0 Å². The van der Waals surface area contributed by atoms with Gasteiger partial charge in [0, 0.05) is 42.1 Å². The first-order valence-electron chi connectivity index (χ1n) is 15.6. The number of alkyl halides is 3. The molecule has 0 aliphatic carbocycles. The summed E-state index contributed by atoms with van der Waals surface area (Å²) in [7, 11) is 1.28. The topological polar surface area (TPSA) is 92.6 Å². The summed E-state index contributed by atoms with van der Waals surface area (Å²) in [6.07, 6.45) is -4.60. The minimum atomic E-state index is -4.86. The quantitative estimate of drug-likeness (QED) is 0.134. The average Bonchev–Trinajstić information content (AvgIpc) is 3.49. The SMILES string of the molecule is CCC(CCC(=O)O)NC(c1ccccc1)C1CNc2c(Cc3c(F)cccc3C(F)(F)F)c(C)c(-c3cccc(OC)c3F)c(=O)n21. The molecule has 0 saturated carbocycles. The molecule has 0 fully saturated rings. The third-order valence-corrected chi connectivity index (χ3v) is 8.99. The Morgan fingerprint density at radius 3 is 2.42 bits per heavy atom. The molecule has 1 aliphatic heterocycles. The third-order valence-electron chi connectivity index (χ3n) is 8.99. The zero-order chi connectivity index (χ0) is 34.7. The van der Waals surface area contributed by atoms with Crippen LogP contribution in [-0.4, -0.2) is 35.3 Å². The first kappa shape index (κ1) is 34.6. The smallest absolute Gasteiger partial charge is 0.416 e. The molecule has 0 amide bonds. The summed E-state index contributed by atoms with van der Waals surface area (Å²) in [6.45, 7) is 3.57. The molecule has 4 aromatic rings. The van der Waals surface area contributed by atoms with Crippen molar-refractivity contribution in [2.75, 3.05) is 19.0 Å². The van der Waals surface area contributed by atoms with E-state index in [1.807, 2.05) is 37.3 Å². The highest BCUT2D eigenvalue weighted by Crippen LogP contribution is 2.42. The van der Waals surface area contributed by atoms with Gasteiger partial charge in [-0.25, -0.2) is 8.78 Å². The molecule has 12 heteroatoms. The van der Waals surface area contributed by atoms with E-state index in [0.717, 1.165) is 23.8 Å². The molecule has 0 radical (unpaired) electrons. The van der Waals surface area contributed by atoms with Crippen molar-refractivity contribution in [1.29, 1.82) is 0 Å². The zero-order valence-corrected chi connectivity index (χ0v) is 26.6. The van der Waals surface area contributed by atoms with Gasteiger partial charge in [0.2, 0.25) is 0 Å². The maximum Gasteiger partial charge on any atom is 0.416 e. The molecule has 48 heavy (non-hydrogen) atoms. The van der Waals surface area contributed by atoms with E-state index in [1.165, 1.54) is 36.8 Å². The summed E-state index contributed by atoms with van der Waals surface area (Å²) in [6, 6.07) is 14.7. The predicted molar refractivity (Wildman–Crippen MR) is 172 cm³/mol.